The molecule has 0 radical (unpaired) electrons. The number of aryl methyl sites for hydroxylation is 2. The highest BCUT2D eigenvalue weighted by Gasteiger charge is 2.15. The van der Waals surface area contributed by atoms with Crippen LogP contribution in [0.3, 0.4) is 0 Å². The number of hydrogen-bond acceptors (Lipinski definition) is 2. The second-order valence-corrected chi connectivity index (χ2v) is 5.71. The Morgan fingerprint density at radius 2 is 1.48 bits per heavy atom. The molecule has 2 aromatic carbocycles. The lowest BCUT2D eigenvalue weighted by Gasteiger charge is -2.07. The molecule has 0 unspecified atom stereocenters. The van der Waals surface area contributed by atoms with Gasteiger partial charge in [-0.05, 0) is 43.2 Å². The van der Waals surface area contributed by atoms with E-state index >= 15 is 0 Å². The summed E-state index contributed by atoms with van der Waals surface area (Å²) in [5, 5.41) is 5.86. The van der Waals surface area contributed by atoms with E-state index in [2.05, 4.69) is 42.5 Å². The quantitative estimate of drug-likeness (QED) is 0.537. The van der Waals surface area contributed by atoms with E-state index in [-0.39, 0.29) is 0 Å². The van der Waals surface area contributed by atoms with E-state index in [1.54, 1.807) is 0 Å². The molecule has 3 heteroatoms. The molecule has 0 aliphatic rings. The van der Waals surface area contributed by atoms with Crippen LogP contribution in [0.15, 0.2) is 66.7 Å². The van der Waals surface area contributed by atoms with Gasteiger partial charge < -0.3 is 0 Å². The van der Waals surface area contributed by atoms with Gasteiger partial charge in [0.25, 0.3) is 0 Å². The lowest BCUT2D eigenvalue weighted by Crippen LogP contribution is -1.98. The lowest BCUT2D eigenvalue weighted by molar-refractivity contribution is 0.875. The molecule has 0 spiro atoms. The van der Waals surface area contributed by atoms with Crippen molar-refractivity contribution in [3.05, 3.63) is 78.1 Å². The number of benzene rings is 2. The summed E-state index contributed by atoms with van der Waals surface area (Å²) >= 11 is 0. The molecule has 0 atom stereocenters. The molecule has 0 fully saturated rings. The van der Waals surface area contributed by atoms with E-state index in [0.717, 1.165) is 28.1 Å². The van der Waals surface area contributed by atoms with E-state index in [0.29, 0.717) is 0 Å². The molecule has 0 saturated heterocycles. The minimum absolute atomic E-state index is 0.910. The molecule has 4 rings (SSSR count). The van der Waals surface area contributed by atoms with Gasteiger partial charge >= 0.3 is 0 Å². The molecule has 0 aliphatic carbocycles. The molecule has 23 heavy (non-hydrogen) atoms. The maximum absolute atomic E-state index is 4.76. The van der Waals surface area contributed by atoms with E-state index in [1.165, 1.54) is 11.1 Å². The Morgan fingerprint density at radius 3 is 2.17 bits per heavy atom. The summed E-state index contributed by atoms with van der Waals surface area (Å²) in [6, 6.07) is 22.7. The van der Waals surface area contributed by atoms with Crippen LogP contribution in [0.2, 0.25) is 0 Å². The van der Waals surface area contributed by atoms with Crippen molar-refractivity contribution in [3.63, 3.8) is 0 Å². The number of nitrogens with zero attached hydrogens (tertiary/aromatic N) is 3. The Bertz CT molecular complexity index is 970. The fourth-order valence-corrected chi connectivity index (χ4v) is 3.01. The largest absolute Gasteiger partial charge is 0.233 e. The van der Waals surface area contributed by atoms with Gasteiger partial charge in [-0.3, -0.25) is 0 Å². The Morgan fingerprint density at radius 1 is 0.826 bits per heavy atom. The molecule has 4 aromatic rings. The van der Waals surface area contributed by atoms with Crippen LogP contribution in [0.4, 0.5) is 0 Å². The molecule has 0 N–H and O–H groups in total. The second-order valence-electron chi connectivity index (χ2n) is 5.71. The molecular formula is C20H17N3. The fraction of sp³-hybridized carbons (Fsp3) is 0.100. The molecule has 0 bridgehead atoms. The van der Waals surface area contributed by atoms with Crippen molar-refractivity contribution in [3.8, 4) is 16.8 Å². The molecule has 0 amide bonds. The number of para-hydroxylation sites is 1. The van der Waals surface area contributed by atoms with Gasteiger partial charge in [-0.2, -0.15) is 5.10 Å². The third-order valence-electron chi connectivity index (χ3n) is 4.03. The number of fused-ring (bicyclic) bond motifs is 1. The summed E-state index contributed by atoms with van der Waals surface area (Å²) in [6.45, 7) is 4.08. The molecular weight excluding hydrogens is 282 g/mol. The van der Waals surface area contributed by atoms with Crippen LogP contribution in [-0.4, -0.2) is 14.8 Å². The SMILES string of the molecule is Cc1cc(-c2ccccc2)c2c(C)nn(-c3ccccc3)c2n1. The van der Waals surface area contributed by atoms with E-state index < -0.39 is 0 Å². The van der Waals surface area contributed by atoms with Gasteiger partial charge in [-0.15, -0.1) is 0 Å². The average Bonchev–Trinajstić information content (AvgIpc) is 2.92. The zero-order valence-corrected chi connectivity index (χ0v) is 13.2. The van der Waals surface area contributed by atoms with Crippen LogP contribution in [0.25, 0.3) is 27.8 Å². The van der Waals surface area contributed by atoms with Gasteiger partial charge in [0.2, 0.25) is 0 Å². The molecule has 112 valence electrons. The highest BCUT2D eigenvalue weighted by Crippen LogP contribution is 2.31. The average molecular weight is 299 g/mol. The molecule has 0 aliphatic heterocycles. The van der Waals surface area contributed by atoms with Gasteiger partial charge in [0, 0.05) is 5.69 Å². The Balaban J connectivity index is 2.06. The predicted octanol–water partition coefficient (Wildman–Crippen LogP) is 4.70. The fourth-order valence-electron chi connectivity index (χ4n) is 3.01. The summed E-state index contributed by atoms with van der Waals surface area (Å²) in [4.78, 5) is 4.76. The van der Waals surface area contributed by atoms with Gasteiger partial charge in [0.1, 0.15) is 0 Å². The first-order valence-electron chi connectivity index (χ1n) is 7.72. The monoisotopic (exact) mass is 299 g/mol. The Kier molecular flexibility index (Phi) is 3.19. The highest BCUT2D eigenvalue weighted by molar-refractivity contribution is 5.95. The predicted molar refractivity (Wildman–Crippen MR) is 93.8 cm³/mol. The van der Waals surface area contributed by atoms with E-state index in [1.807, 2.05) is 42.8 Å². The number of hydrogen-bond donors (Lipinski definition) is 0. The van der Waals surface area contributed by atoms with Gasteiger partial charge in [0.15, 0.2) is 5.65 Å². The zero-order chi connectivity index (χ0) is 15.8. The summed E-state index contributed by atoms with van der Waals surface area (Å²) < 4.78 is 1.93. The van der Waals surface area contributed by atoms with E-state index in [9.17, 15) is 0 Å². The van der Waals surface area contributed by atoms with Crippen molar-refractivity contribution in [1.82, 2.24) is 14.8 Å². The van der Waals surface area contributed by atoms with Crippen molar-refractivity contribution >= 4 is 11.0 Å². The minimum atomic E-state index is 0.910. The minimum Gasteiger partial charge on any atom is -0.233 e. The molecule has 3 nitrogen and oxygen atoms in total. The van der Waals surface area contributed by atoms with Crippen molar-refractivity contribution in [2.75, 3.05) is 0 Å². The van der Waals surface area contributed by atoms with Crippen LogP contribution in [0.5, 0.6) is 0 Å². The van der Waals surface area contributed by atoms with E-state index in [4.69, 9.17) is 10.1 Å². The summed E-state index contributed by atoms with van der Waals surface area (Å²) in [5.41, 5.74) is 6.31. The highest BCUT2D eigenvalue weighted by atomic mass is 15.3. The molecule has 0 saturated carbocycles. The van der Waals surface area contributed by atoms with Crippen molar-refractivity contribution < 1.29 is 0 Å². The Hall–Kier alpha value is -2.94. The number of rotatable bonds is 2. The van der Waals surface area contributed by atoms with Crippen molar-refractivity contribution in [2.24, 2.45) is 0 Å². The summed E-state index contributed by atoms with van der Waals surface area (Å²) in [7, 11) is 0. The second kappa shape index (κ2) is 5.36. The first-order valence-corrected chi connectivity index (χ1v) is 7.72. The smallest absolute Gasteiger partial charge is 0.164 e. The van der Waals surface area contributed by atoms with Crippen LogP contribution in [0, 0.1) is 13.8 Å². The van der Waals surface area contributed by atoms with Gasteiger partial charge in [-0.25, -0.2) is 9.67 Å². The van der Waals surface area contributed by atoms with Gasteiger partial charge in [-0.1, -0.05) is 48.5 Å². The first kappa shape index (κ1) is 13.7. The molecule has 2 aromatic heterocycles. The van der Waals surface area contributed by atoms with Crippen LogP contribution < -0.4 is 0 Å². The first-order chi connectivity index (χ1) is 11.2. The van der Waals surface area contributed by atoms with Crippen LogP contribution in [-0.2, 0) is 0 Å². The van der Waals surface area contributed by atoms with Crippen molar-refractivity contribution in [1.29, 1.82) is 0 Å². The maximum Gasteiger partial charge on any atom is 0.164 e. The summed E-state index contributed by atoms with van der Waals surface area (Å²) in [5.74, 6) is 0. The van der Waals surface area contributed by atoms with Crippen LogP contribution >= 0.6 is 0 Å². The topological polar surface area (TPSA) is 30.7 Å². The maximum atomic E-state index is 4.76. The number of pyridine rings is 1. The zero-order valence-electron chi connectivity index (χ0n) is 13.2. The molecule has 2 heterocycles. The number of aromatic nitrogens is 3. The standard InChI is InChI=1S/C20H17N3/c1-14-13-18(16-9-5-3-6-10-16)19-15(2)22-23(20(19)21-14)17-11-7-4-8-12-17/h3-13H,1-2H3. The van der Waals surface area contributed by atoms with Crippen LogP contribution in [0.1, 0.15) is 11.4 Å². The third-order valence-corrected chi connectivity index (χ3v) is 4.03. The Labute approximate surface area is 135 Å². The lowest BCUT2D eigenvalue weighted by atomic mass is 10.0. The van der Waals surface area contributed by atoms with Crippen molar-refractivity contribution in [2.45, 2.75) is 13.8 Å². The normalized spacial score (nSPS) is 11.0. The van der Waals surface area contributed by atoms with Gasteiger partial charge in [0.05, 0.1) is 16.8 Å². The summed E-state index contributed by atoms with van der Waals surface area (Å²) in [6.07, 6.45) is 0. The third kappa shape index (κ3) is 2.30.